The van der Waals surface area contributed by atoms with Crippen molar-refractivity contribution in [2.24, 2.45) is 0 Å². The van der Waals surface area contributed by atoms with Gasteiger partial charge in [0, 0.05) is 6.42 Å². The molecule has 95 valence electrons. The molecule has 0 aliphatic rings. The van der Waals surface area contributed by atoms with E-state index in [2.05, 4.69) is 0 Å². The summed E-state index contributed by atoms with van der Waals surface area (Å²) in [6.45, 7) is 3.85. The lowest BCUT2D eigenvalue weighted by molar-refractivity contribution is -0.284. The Morgan fingerprint density at radius 1 is 1.12 bits per heavy atom. The van der Waals surface area contributed by atoms with Gasteiger partial charge in [-0.3, -0.25) is 0 Å². The largest absolute Gasteiger partial charge is 0.502 e. The minimum absolute atomic E-state index is 0.128. The second kappa shape index (κ2) is 6.22. The molecule has 0 fully saturated rings. The first-order valence-corrected chi connectivity index (χ1v) is 7.27. The summed E-state index contributed by atoms with van der Waals surface area (Å²) >= 11 is 0. The number of hydrogen-bond donors (Lipinski definition) is 0. The third-order valence-electron chi connectivity index (χ3n) is 1.67. The molecule has 16 heavy (non-hydrogen) atoms. The molecule has 0 saturated heterocycles. The standard InChI is InChI=1S/C9H14F5OSi/c1-16(2)7-6-15-5-3-4-8(10,11)9(12,13)14/h6-7H,3-5H2,1-2H3. The van der Waals surface area contributed by atoms with Gasteiger partial charge in [-0.1, -0.05) is 18.8 Å². The van der Waals surface area contributed by atoms with Crippen LogP contribution in [0.3, 0.4) is 0 Å². The molecule has 0 aromatic rings. The van der Waals surface area contributed by atoms with Gasteiger partial charge in [0.2, 0.25) is 0 Å². The summed E-state index contributed by atoms with van der Waals surface area (Å²) in [4.78, 5) is 0. The predicted octanol–water partition coefficient (Wildman–Crippen LogP) is 3.79. The van der Waals surface area contributed by atoms with Crippen LogP contribution in [0.5, 0.6) is 0 Å². The minimum Gasteiger partial charge on any atom is -0.502 e. The second-order valence-corrected chi connectivity index (χ2v) is 6.04. The maximum atomic E-state index is 12.4. The van der Waals surface area contributed by atoms with Crippen molar-refractivity contribution in [1.29, 1.82) is 0 Å². The van der Waals surface area contributed by atoms with Gasteiger partial charge in [0.25, 0.3) is 0 Å². The zero-order valence-electron chi connectivity index (χ0n) is 9.07. The van der Waals surface area contributed by atoms with Crippen LogP contribution in [0.2, 0.25) is 13.1 Å². The van der Waals surface area contributed by atoms with Crippen LogP contribution in [0.4, 0.5) is 22.0 Å². The highest BCUT2D eigenvalue weighted by Crippen LogP contribution is 2.38. The minimum atomic E-state index is -5.47. The molecular formula is C9H14F5OSi. The summed E-state index contributed by atoms with van der Waals surface area (Å²) in [6, 6.07) is 0. The van der Waals surface area contributed by atoms with Crippen LogP contribution in [-0.4, -0.2) is 27.5 Å². The molecule has 0 heterocycles. The van der Waals surface area contributed by atoms with Gasteiger partial charge >= 0.3 is 12.1 Å². The van der Waals surface area contributed by atoms with E-state index in [1.54, 1.807) is 5.70 Å². The molecule has 0 atom stereocenters. The normalized spacial score (nSPS) is 13.8. The van der Waals surface area contributed by atoms with Crippen molar-refractivity contribution < 1.29 is 26.7 Å². The molecule has 1 nitrogen and oxygen atoms in total. The van der Waals surface area contributed by atoms with Gasteiger partial charge in [-0.25, -0.2) is 0 Å². The molecule has 0 amide bonds. The summed E-state index contributed by atoms with van der Waals surface area (Å²) in [5.41, 5.74) is 1.78. The Kier molecular flexibility index (Phi) is 5.99. The van der Waals surface area contributed by atoms with Gasteiger partial charge in [-0.2, -0.15) is 22.0 Å². The highest BCUT2D eigenvalue weighted by atomic mass is 28.3. The van der Waals surface area contributed by atoms with Crippen molar-refractivity contribution in [2.45, 2.75) is 38.0 Å². The molecule has 0 rings (SSSR count). The number of halogens is 5. The van der Waals surface area contributed by atoms with Crippen molar-refractivity contribution >= 4 is 8.80 Å². The third-order valence-corrected chi connectivity index (χ3v) is 2.47. The van der Waals surface area contributed by atoms with E-state index in [-0.39, 0.29) is 13.0 Å². The Labute approximate surface area is 92.9 Å². The van der Waals surface area contributed by atoms with Crippen LogP contribution < -0.4 is 0 Å². The van der Waals surface area contributed by atoms with Crippen molar-refractivity contribution in [2.75, 3.05) is 6.61 Å². The summed E-state index contributed by atoms with van der Waals surface area (Å²) in [5.74, 6) is -4.62. The molecule has 0 saturated carbocycles. The molecule has 0 aliphatic heterocycles. The first kappa shape index (κ1) is 15.4. The highest BCUT2D eigenvalue weighted by Gasteiger charge is 2.56. The molecular weight excluding hydrogens is 247 g/mol. The maximum Gasteiger partial charge on any atom is 0.453 e. The second-order valence-electron chi connectivity index (χ2n) is 3.56. The molecule has 0 spiro atoms. The summed E-state index contributed by atoms with van der Waals surface area (Å²) in [6.07, 6.45) is -5.67. The Morgan fingerprint density at radius 3 is 2.12 bits per heavy atom. The SMILES string of the molecule is C[Si](C)C=COCCCC(F)(F)C(F)(F)F. The van der Waals surface area contributed by atoms with Gasteiger partial charge in [-0.05, 0) is 6.42 Å². The number of rotatable bonds is 6. The van der Waals surface area contributed by atoms with Gasteiger partial charge < -0.3 is 4.74 Å². The quantitative estimate of drug-likeness (QED) is 0.306. The molecule has 7 heteroatoms. The predicted molar refractivity (Wildman–Crippen MR) is 52.8 cm³/mol. The van der Waals surface area contributed by atoms with Gasteiger partial charge in [0.05, 0.1) is 21.7 Å². The molecule has 0 unspecified atom stereocenters. The number of ether oxygens (including phenoxy) is 1. The first-order valence-electron chi connectivity index (χ1n) is 4.69. The van der Waals surface area contributed by atoms with Crippen LogP contribution in [0.25, 0.3) is 0 Å². The van der Waals surface area contributed by atoms with Crippen LogP contribution in [0.15, 0.2) is 12.0 Å². The smallest absolute Gasteiger partial charge is 0.453 e. The number of hydrogen-bond acceptors (Lipinski definition) is 1. The van der Waals surface area contributed by atoms with Crippen molar-refractivity contribution in [3.05, 3.63) is 12.0 Å². The summed E-state index contributed by atoms with van der Waals surface area (Å²) in [7, 11) is -0.606. The fraction of sp³-hybridized carbons (Fsp3) is 0.778. The molecule has 0 aliphatic carbocycles. The molecule has 0 aromatic carbocycles. The molecule has 0 bridgehead atoms. The van der Waals surface area contributed by atoms with E-state index in [0.717, 1.165) is 0 Å². The third kappa shape index (κ3) is 6.09. The Morgan fingerprint density at radius 2 is 1.69 bits per heavy atom. The molecule has 0 aromatic heterocycles. The zero-order valence-corrected chi connectivity index (χ0v) is 10.1. The maximum absolute atomic E-state index is 12.4. The lowest BCUT2D eigenvalue weighted by atomic mass is 10.2. The van der Waals surface area contributed by atoms with Crippen LogP contribution in [0.1, 0.15) is 12.8 Å². The van der Waals surface area contributed by atoms with E-state index in [1.807, 2.05) is 13.1 Å². The van der Waals surface area contributed by atoms with Crippen molar-refractivity contribution in [3.8, 4) is 0 Å². The zero-order chi connectivity index (χ0) is 12.8. The first-order chi connectivity index (χ1) is 7.17. The Hall–Kier alpha value is -0.593. The van der Waals surface area contributed by atoms with Crippen molar-refractivity contribution in [1.82, 2.24) is 0 Å². The van der Waals surface area contributed by atoms with E-state index < -0.39 is 27.3 Å². The van der Waals surface area contributed by atoms with Gasteiger partial charge in [0.15, 0.2) is 0 Å². The van der Waals surface area contributed by atoms with E-state index >= 15 is 0 Å². The van der Waals surface area contributed by atoms with Gasteiger partial charge in [-0.15, -0.1) is 0 Å². The monoisotopic (exact) mass is 261 g/mol. The average Bonchev–Trinajstić information content (AvgIpc) is 2.08. The van der Waals surface area contributed by atoms with Gasteiger partial charge in [0.1, 0.15) is 0 Å². The fourth-order valence-corrected chi connectivity index (χ4v) is 1.14. The van der Waals surface area contributed by atoms with E-state index in [4.69, 9.17) is 4.74 Å². The Balaban J connectivity index is 3.75. The fourth-order valence-electron chi connectivity index (χ4n) is 0.771. The molecule has 0 N–H and O–H groups in total. The lowest BCUT2D eigenvalue weighted by Gasteiger charge is -2.18. The topological polar surface area (TPSA) is 9.23 Å². The highest BCUT2D eigenvalue weighted by molar-refractivity contribution is 6.61. The van der Waals surface area contributed by atoms with Crippen LogP contribution in [0, 0.1) is 0 Å². The van der Waals surface area contributed by atoms with E-state index in [9.17, 15) is 22.0 Å². The summed E-state index contributed by atoms with van der Waals surface area (Å²) < 4.78 is 64.7. The van der Waals surface area contributed by atoms with Crippen LogP contribution >= 0.6 is 0 Å². The van der Waals surface area contributed by atoms with Crippen LogP contribution in [-0.2, 0) is 4.74 Å². The van der Waals surface area contributed by atoms with Crippen molar-refractivity contribution in [3.63, 3.8) is 0 Å². The van der Waals surface area contributed by atoms with E-state index in [0.29, 0.717) is 0 Å². The van der Waals surface area contributed by atoms with E-state index in [1.165, 1.54) is 6.26 Å². The average molecular weight is 261 g/mol. The lowest BCUT2D eigenvalue weighted by Crippen LogP contribution is -2.36. The number of alkyl halides is 5. The molecule has 1 radical (unpaired) electrons. The summed E-state index contributed by atoms with van der Waals surface area (Å²) in [5, 5.41) is 0. The Bertz CT molecular complexity index is 224.